The number of fused-ring (bicyclic) bond motifs is 1. The van der Waals surface area contributed by atoms with Crippen LogP contribution in [0.3, 0.4) is 0 Å². The van der Waals surface area contributed by atoms with E-state index in [0.717, 1.165) is 29.3 Å². The van der Waals surface area contributed by atoms with E-state index >= 15 is 0 Å². The van der Waals surface area contributed by atoms with Gasteiger partial charge in [0.15, 0.2) is 8.32 Å². The molecule has 0 radical (unpaired) electrons. The van der Waals surface area contributed by atoms with Crippen LogP contribution < -0.4 is 5.32 Å². The second-order valence-corrected chi connectivity index (χ2v) is 10.7. The van der Waals surface area contributed by atoms with Crippen LogP contribution in [-0.2, 0) is 4.43 Å². The normalized spacial score (nSPS) is 11.9. The van der Waals surface area contributed by atoms with Gasteiger partial charge in [0.25, 0.3) is 0 Å². The van der Waals surface area contributed by atoms with Crippen molar-refractivity contribution in [2.75, 3.05) is 18.5 Å². The molecular weight excluding hydrogens is 286 g/mol. The highest BCUT2D eigenvalue weighted by atomic mass is 32.1. The molecule has 0 amide bonds. The minimum atomic E-state index is -1.46. The molecule has 2 rings (SSSR count). The molecular formula is C14H23N3OSSi. The van der Waals surface area contributed by atoms with Gasteiger partial charge >= 0.3 is 0 Å². The Morgan fingerprint density at radius 1 is 1.35 bits per heavy atom. The van der Waals surface area contributed by atoms with Crippen molar-refractivity contribution >= 4 is 35.8 Å². The first kappa shape index (κ1) is 15.4. The number of unbranched alkanes of at least 4 members (excludes halogenated alkanes) is 1. The lowest BCUT2D eigenvalue weighted by Crippen LogP contribution is -2.32. The lowest BCUT2D eigenvalue weighted by atomic mass is 10.4. The topological polar surface area (TPSA) is 47.0 Å². The molecule has 2 heterocycles. The average Bonchev–Trinajstić information content (AvgIpc) is 2.89. The molecule has 2 aromatic heterocycles. The van der Waals surface area contributed by atoms with Crippen molar-refractivity contribution in [3.63, 3.8) is 0 Å². The number of nitrogens with zero attached hydrogens (tertiary/aromatic N) is 2. The van der Waals surface area contributed by atoms with E-state index in [2.05, 4.69) is 35.3 Å². The molecule has 6 heteroatoms. The van der Waals surface area contributed by atoms with Crippen molar-refractivity contribution in [3.8, 4) is 0 Å². The fraction of sp³-hybridized carbons (Fsp3) is 0.571. The van der Waals surface area contributed by atoms with E-state index in [1.807, 2.05) is 17.6 Å². The van der Waals surface area contributed by atoms with Crippen LogP contribution in [0.15, 0.2) is 17.6 Å². The number of hydrogen-bond donors (Lipinski definition) is 1. The molecule has 0 aliphatic carbocycles. The molecule has 2 aromatic rings. The van der Waals surface area contributed by atoms with Gasteiger partial charge < -0.3 is 9.74 Å². The van der Waals surface area contributed by atoms with Crippen molar-refractivity contribution in [1.29, 1.82) is 0 Å². The maximum absolute atomic E-state index is 6.06. The molecule has 0 aliphatic heterocycles. The van der Waals surface area contributed by atoms with Crippen LogP contribution in [-0.4, -0.2) is 31.4 Å². The van der Waals surface area contributed by atoms with Crippen LogP contribution in [0.25, 0.3) is 10.3 Å². The summed E-state index contributed by atoms with van der Waals surface area (Å²) in [6.07, 6.45) is 2.52. The van der Waals surface area contributed by atoms with Gasteiger partial charge in [0, 0.05) is 6.54 Å². The fourth-order valence-corrected chi connectivity index (χ4v) is 4.69. The van der Waals surface area contributed by atoms with Crippen molar-refractivity contribution in [2.45, 2.75) is 38.9 Å². The van der Waals surface area contributed by atoms with Gasteiger partial charge in [0.2, 0.25) is 0 Å². The highest BCUT2D eigenvalue weighted by Gasteiger charge is 2.20. The molecule has 0 aliphatic rings. The van der Waals surface area contributed by atoms with Gasteiger partial charge in [-0.05, 0) is 31.3 Å². The fourth-order valence-electron chi connectivity index (χ4n) is 2.03. The van der Waals surface area contributed by atoms with E-state index in [1.54, 1.807) is 11.3 Å². The van der Waals surface area contributed by atoms with Crippen LogP contribution in [0.1, 0.15) is 19.8 Å². The Kier molecular flexibility index (Phi) is 5.51. The Morgan fingerprint density at radius 2 is 2.20 bits per heavy atom. The molecule has 1 N–H and O–H groups in total. The lowest BCUT2D eigenvalue weighted by Gasteiger charge is -2.22. The van der Waals surface area contributed by atoms with Gasteiger partial charge in [-0.3, -0.25) is 0 Å². The smallest absolute Gasteiger partial charge is 0.186 e. The largest absolute Gasteiger partial charge is 0.416 e. The molecule has 0 spiro atoms. The SMILES string of the molecule is CCCC[Si](C)(C)OCCNc1ccc2ncsc2n1. The Balaban J connectivity index is 1.75. The van der Waals surface area contributed by atoms with E-state index in [4.69, 9.17) is 4.43 Å². The summed E-state index contributed by atoms with van der Waals surface area (Å²) in [7, 11) is -1.46. The summed E-state index contributed by atoms with van der Waals surface area (Å²) in [4.78, 5) is 9.73. The molecule has 0 atom stereocenters. The maximum atomic E-state index is 6.06. The molecule has 0 bridgehead atoms. The first-order chi connectivity index (χ1) is 9.61. The van der Waals surface area contributed by atoms with E-state index in [1.165, 1.54) is 18.9 Å². The third-order valence-electron chi connectivity index (χ3n) is 3.23. The molecule has 0 saturated heterocycles. The number of thiazole rings is 1. The summed E-state index contributed by atoms with van der Waals surface area (Å²) in [5.74, 6) is 0.901. The summed E-state index contributed by atoms with van der Waals surface area (Å²) < 4.78 is 6.06. The number of nitrogens with one attached hydrogen (secondary N) is 1. The van der Waals surface area contributed by atoms with Crippen molar-refractivity contribution in [2.24, 2.45) is 0 Å². The number of aromatic nitrogens is 2. The van der Waals surface area contributed by atoms with Gasteiger partial charge in [-0.15, -0.1) is 11.3 Å². The van der Waals surface area contributed by atoms with Gasteiger partial charge in [0.05, 0.1) is 12.1 Å². The van der Waals surface area contributed by atoms with E-state index in [-0.39, 0.29) is 0 Å². The summed E-state index contributed by atoms with van der Waals surface area (Å²) in [5, 5.41) is 3.32. The van der Waals surface area contributed by atoms with Crippen molar-refractivity contribution in [1.82, 2.24) is 9.97 Å². The predicted octanol–water partition coefficient (Wildman–Crippen LogP) is 4.13. The van der Waals surface area contributed by atoms with Crippen LogP contribution in [0.2, 0.25) is 19.1 Å². The molecule has 4 nitrogen and oxygen atoms in total. The van der Waals surface area contributed by atoms with E-state index in [9.17, 15) is 0 Å². The van der Waals surface area contributed by atoms with Crippen LogP contribution in [0.4, 0.5) is 5.82 Å². The third kappa shape index (κ3) is 4.54. The number of pyridine rings is 1. The Bertz CT molecular complexity index is 544. The van der Waals surface area contributed by atoms with Crippen LogP contribution >= 0.6 is 11.3 Å². The van der Waals surface area contributed by atoms with E-state index in [0.29, 0.717) is 0 Å². The minimum Gasteiger partial charge on any atom is -0.416 e. The molecule has 20 heavy (non-hydrogen) atoms. The number of hydrogen-bond acceptors (Lipinski definition) is 5. The second-order valence-electron chi connectivity index (χ2n) is 5.51. The van der Waals surface area contributed by atoms with Crippen molar-refractivity contribution in [3.05, 3.63) is 17.6 Å². The zero-order chi connectivity index (χ0) is 14.4. The first-order valence-corrected chi connectivity index (χ1v) is 11.2. The lowest BCUT2D eigenvalue weighted by molar-refractivity contribution is 0.320. The Hall–Kier alpha value is -0.983. The molecule has 0 aromatic carbocycles. The number of rotatable bonds is 8. The van der Waals surface area contributed by atoms with E-state index < -0.39 is 8.32 Å². The molecule has 0 fully saturated rings. The Morgan fingerprint density at radius 3 is 3.00 bits per heavy atom. The highest BCUT2D eigenvalue weighted by Crippen LogP contribution is 2.18. The quantitative estimate of drug-likeness (QED) is 0.588. The second kappa shape index (κ2) is 7.15. The van der Waals surface area contributed by atoms with Gasteiger partial charge in [-0.1, -0.05) is 19.8 Å². The monoisotopic (exact) mass is 309 g/mol. The first-order valence-electron chi connectivity index (χ1n) is 7.19. The predicted molar refractivity (Wildman–Crippen MR) is 89.1 cm³/mol. The summed E-state index contributed by atoms with van der Waals surface area (Å²) in [5.41, 5.74) is 2.79. The van der Waals surface area contributed by atoms with Gasteiger partial charge in [-0.2, -0.15) is 0 Å². The van der Waals surface area contributed by atoms with Crippen LogP contribution in [0, 0.1) is 0 Å². The summed E-state index contributed by atoms with van der Waals surface area (Å²) in [6.45, 7) is 8.38. The van der Waals surface area contributed by atoms with Crippen molar-refractivity contribution < 1.29 is 4.43 Å². The summed E-state index contributed by atoms with van der Waals surface area (Å²) in [6, 6.07) is 5.22. The zero-order valence-corrected chi connectivity index (χ0v) is 14.3. The van der Waals surface area contributed by atoms with Crippen LogP contribution in [0.5, 0.6) is 0 Å². The van der Waals surface area contributed by atoms with Gasteiger partial charge in [-0.25, -0.2) is 9.97 Å². The number of anilines is 1. The van der Waals surface area contributed by atoms with Gasteiger partial charge in [0.1, 0.15) is 16.2 Å². The zero-order valence-electron chi connectivity index (χ0n) is 12.5. The summed E-state index contributed by atoms with van der Waals surface area (Å²) >= 11 is 1.57. The standard InChI is InChI=1S/C14H23N3OSSi/c1-4-5-10-20(2,3)18-9-8-15-13-7-6-12-14(17-13)19-11-16-12/h6-7,11H,4-5,8-10H2,1-3H3,(H,15,17). The Labute approximate surface area is 125 Å². The highest BCUT2D eigenvalue weighted by molar-refractivity contribution is 7.16. The molecule has 0 unspecified atom stereocenters. The minimum absolute atomic E-state index is 0.755. The molecule has 110 valence electrons. The molecule has 0 saturated carbocycles. The third-order valence-corrected chi connectivity index (χ3v) is 6.51. The average molecular weight is 310 g/mol. The maximum Gasteiger partial charge on any atom is 0.186 e.